The molecule has 0 aliphatic carbocycles. The lowest BCUT2D eigenvalue weighted by Gasteiger charge is -2.33. The number of rotatable bonds is 2. The molecule has 2 nitrogen and oxygen atoms in total. The third kappa shape index (κ3) is 2.77. The Morgan fingerprint density at radius 1 is 1.50 bits per heavy atom. The summed E-state index contributed by atoms with van der Waals surface area (Å²) >= 11 is 7.03. The topological polar surface area (TPSA) is 16.1 Å². The van der Waals surface area contributed by atoms with Gasteiger partial charge in [-0.1, -0.05) is 13.3 Å². The highest BCUT2D eigenvalue weighted by Crippen LogP contribution is 2.30. The van der Waals surface area contributed by atoms with E-state index in [2.05, 4.69) is 54.7 Å². The van der Waals surface area contributed by atoms with E-state index >= 15 is 0 Å². The highest BCUT2D eigenvalue weighted by atomic mass is 79.9. The maximum absolute atomic E-state index is 4.50. The molecule has 2 heterocycles. The van der Waals surface area contributed by atoms with Crippen molar-refractivity contribution in [1.29, 1.82) is 0 Å². The van der Waals surface area contributed by atoms with Crippen molar-refractivity contribution >= 4 is 37.7 Å². The van der Waals surface area contributed by atoms with Gasteiger partial charge in [-0.2, -0.15) is 0 Å². The molecule has 4 heteroatoms. The quantitative estimate of drug-likeness (QED) is 0.795. The predicted octanol–water partition coefficient (Wildman–Crippen LogP) is 4.23. The molecule has 1 atom stereocenters. The van der Waals surface area contributed by atoms with Crippen LogP contribution in [0.4, 0.5) is 5.82 Å². The van der Waals surface area contributed by atoms with Crippen molar-refractivity contribution in [2.75, 3.05) is 18.0 Å². The molecule has 1 unspecified atom stereocenters. The summed E-state index contributed by atoms with van der Waals surface area (Å²) in [7, 11) is 0. The van der Waals surface area contributed by atoms with Crippen molar-refractivity contribution in [3.8, 4) is 0 Å². The fraction of sp³-hybridized carbons (Fsp3) is 0.583. The Bertz CT molecular complexity index is 368. The number of aromatic nitrogens is 1. The van der Waals surface area contributed by atoms with E-state index in [1.54, 1.807) is 0 Å². The molecule has 1 fully saturated rings. The number of anilines is 1. The Morgan fingerprint density at radius 3 is 3.00 bits per heavy atom. The maximum atomic E-state index is 4.50. The molecule has 1 aromatic heterocycles. The number of piperidine rings is 1. The lowest BCUT2D eigenvalue weighted by atomic mass is 9.96. The van der Waals surface area contributed by atoms with E-state index in [1.165, 1.54) is 19.3 Å². The normalized spacial score (nSPS) is 21.2. The Morgan fingerprint density at radius 2 is 2.31 bits per heavy atom. The summed E-state index contributed by atoms with van der Waals surface area (Å²) in [5, 5.41) is 0. The summed E-state index contributed by atoms with van der Waals surface area (Å²) in [5.74, 6) is 1.91. The number of pyridine rings is 1. The Kier molecular flexibility index (Phi) is 4.25. The van der Waals surface area contributed by atoms with E-state index in [1.807, 2.05) is 6.20 Å². The lowest BCUT2D eigenvalue weighted by Crippen LogP contribution is -2.35. The van der Waals surface area contributed by atoms with Crippen LogP contribution >= 0.6 is 31.9 Å². The van der Waals surface area contributed by atoms with Crippen LogP contribution in [0.15, 0.2) is 21.2 Å². The van der Waals surface area contributed by atoms with Crippen LogP contribution in [0.5, 0.6) is 0 Å². The summed E-state index contributed by atoms with van der Waals surface area (Å²) in [5.41, 5.74) is 0. The van der Waals surface area contributed by atoms with Gasteiger partial charge in [0.15, 0.2) is 0 Å². The second kappa shape index (κ2) is 5.50. The standard InChI is InChI=1S/C12H16Br2N2/c1-2-9-4-3-5-16(8-9)12-11(14)6-10(13)7-15-12/h6-7,9H,2-5,8H2,1H3. The molecule has 0 spiro atoms. The average molecular weight is 348 g/mol. The maximum Gasteiger partial charge on any atom is 0.142 e. The molecular formula is C12H16Br2N2. The zero-order valence-corrected chi connectivity index (χ0v) is 12.6. The molecule has 1 aliphatic rings. The van der Waals surface area contributed by atoms with Crippen LogP contribution in [0.3, 0.4) is 0 Å². The Balaban J connectivity index is 2.16. The molecule has 1 aliphatic heterocycles. The summed E-state index contributed by atoms with van der Waals surface area (Å²) in [6.07, 6.45) is 5.78. The van der Waals surface area contributed by atoms with Crippen LogP contribution in [-0.2, 0) is 0 Å². The fourth-order valence-electron chi connectivity index (χ4n) is 2.23. The monoisotopic (exact) mass is 346 g/mol. The van der Waals surface area contributed by atoms with Crippen molar-refractivity contribution in [1.82, 2.24) is 4.98 Å². The summed E-state index contributed by atoms with van der Waals surface area (Å²) < 4.78 is 2.10. The molecule has 0 saturated carbocycles. The van der Waals surface area contributed by atoms with E-state index in [0.29, 0.717) is 0 Å². The van der Waals surface area contributed by atoms with Crippen LogP contribution in [0, 0.1) is 5.92 Å². The minimum atomic E-state index is 0.825. The van der Waals surface area contributed by atoms with Gasteiger partial charge in [-0.25, -0.2) is 4.98 Å². The molecule has 2 rings (SSSR count). The number of halogens is 2. The van der Waals surface area contributed by atoms with Crippen LogP contribution in [0.2, 0.25) is 0 Å². The molecule has 0 aromatic carbocycles. The molecule has 0 N–H and O–H groups in total. The first-order chi connectivity index (χ1) is 7.70. The fourth-order valence-corrected chi connectivity index (χ4v) is 3.47. The first kappa shape index (κ1) is 12.4. The van der Waals surface area contributed by atoms with Crippen molar-refractivity contribution in [3.05, 3.63) is 21.2 Å². The van der Waals surface area contributed by atoms with Gasteiger partial charge in [0.1, 0.15) is 5.82 Å². The molecule has 1 saturated heterocycles. The number of hydrogen-bond donors (Lipinski definition) is 0. The van der Waals surface area contributed by atoms with Gasteiger partial charge in [-0.05, 0) is 56.7 Å². The third-order valence-electron chi connectivity index (χ3n) is 3.18. The predicted molar refractivity (Wildman–Crippen MR) is 74.9 cm³/mol. The van der Waals surface area contributed by atoms with Crippen LogP contribution < -0.4 is 4.90 Å². The zero-order valence-electron chi connectivity index (χ0n) is 9.42. The third-order valence-corrected chi connectivity index (χ3v) is 4.20. The first-order valence-electron chi connectivity index (χ1n) is 5.76. The van der Waals surface area contributed by atoms with E-state index in [0.717, 1.165) is 33.8 Å². The number of hydrogen-bond acceptors (Lipinski definition) is 2. The second-order valence-corrected chi connectivity index (χ2v) is 6.09. The largest absolute Gasteiger partial charge is 0.355 e. The zero-order chi connectivity index (χ0) is 11.5. The van der Waals surface area contributed by atoms with E-state index in [4.69, 9.17) is 0 Å². The molecule has 1 aromatic rings. The highest BCUT2D eigenvalue weighted by molar-refractivity contribution is 9.11. The van der Waals surface area contributed by atoms with Gasteiger partial charge in [0, 0.05) is 23.8 Å². The van der Waals surface area contributed by atoms with Crippen molar-refractivity contribution < 1.29 is 0 Å². The van der Waals surface area contributed by atoms with Gasteiger partial charge >= 0.3 is 0 Å². The molecular weight excluding hydrogens is 332 g/mol. The van der Waals surface area contributed by atoms with Gasteiger partial charge in [-0.15, -0.1) is 0 Å². The van der Waals surface area contributed by atoms with Gasteiger partial charge in [0.05, 0.1) is 4.47 Å². The van der Waals surface area contributed by atoms with Crippen molar-refractivity contribution in [2.24, 2.45) is 5.92 Å². The molecule has 88 valence electrons. The van der Waals surface area contributed by atoms with E-state index in [9.17, 15) is 0 Å². The average Bonchev–Trinajstić information content (AvgIpc) is 2.29. The summed E-state index contributed by atoms with van der Waals surface area (Å²) in [6.45, 7) is 4.55. The molecule has 0 bridgehead atoms. The summed E-state index contributed by atoms with van der Waals surface area (Å²) in [4.78, 5) is 6.90. The minimum absolute atomic E-state index is 0.825. The van der Waals surface area contributed by atoms with Crippen LogP contribution in [-0.4, -0.2) is 18.1 Å². The SMILES string of the molecule is CCC1CCCN(c2ncc(Br)cc2Br)C1. The summed E-state index contributed by atoms with van der Waals surface area (Å²) in [6, 6.07) is 2.07. The van der Waals surface area contributed by atoms with Crippen LogP contribution in [0.25, 0.3) is 0 Å². The second-order valence-electron chi connectivity index (χ2n) is 4.32. The molecule has 16 heavy (non-hydrogen) atoms. The first-order valence-corrected chi connectivity index (χ1v) is 7.35. The van der Waals surface area contributed by atoms with Crippen molar-refractivity contribution in [3.63, 3.8) is 0 Å². The smallest absolute Gasteiger partial charge is 0.142 e. The molecule has 0 amide bonds. The highest BCUT2D eigenvalue weighted by Gasteiger charge is 2.21. The van der Waals surface area contributed by atoms with Crippen molar-refractivity contribution in [2.45, 2.75) is 26.2 Å². The lowest BCUT2D eigenvalue weighted by molar-refractivity contribution is 0.402. The minimum Gasteiger partial charge on any atom is -0.355 e. The Hall–Kier alpha value is -0.0900. The van der Waals surface area contributed by atoms with Gasteiger partial charge in [-0.3, -0.25) is 0 Å². The van der Waals surface area contributed by atoms with Gasteiger partial charge in [0.2, 0.25) is 0 Å². The van der Waals surface area contributed by atoms with Gasteiger partial charge < -0.3 is 4.90 Å². The van der Waals surface area contributed by atoms with Crippen LogP contribution in [0.1, 0.15) is 26.2 Å². The Labute approximate surface area is 114 Å². The van der Waals surface area contributed by atoms with E-state index < -0.39 is 0 Å². The van der Waals surface area contributed by atoms with E-state index in [-0.39, 0.29) is 0 Å². The number of nitrogens with zero attached hydrogens (tertiary/aromatic N) is 2. The van der Waals surface area contributed by atoms with Gasteiger partial charge in [0.25, 0.3) is 0 Å². The molecule has 0 radical (unpaired) electrons.